The van der Waals surface area contributed by atoms with Gasteiger partial charge in [-0.25, -0.2) is 4.98 Å². The normalized spacial score (nSPS) is 16.9. The first kappa shape index (κ1) is 20.1. The van der Waals surface area contributed by atoms with E-state index in [0.29, 0.717) is 11.2 Å². The van der Waals surface area contributed by atoms with Crippen molar-refractivity contribution in [2.45, 2.75) is 12.5 Å². The minimum Gasteiger partial charge on any atom is -0.379 e. The highest BCUT2D eigenvalue weighted by Gasteiger charge is 2.23. The molecule has 146 valence electrons. The van der Waals surface area contributed by atoms with Gasteiger partial charge in [0.05, 0.1) is 19.3 Å². The molecule has 0 saturated carbocycles. The molecule has 27 heavy (non-hydrogen) atoms. The molecule has 1 saturated heterocycles. The van der Waals surface area contributed by atoms with Gasteiger partial charge in [0.15, 0.2) is 5.96 Å². The standard InChI is InChI=1S/C19H26ClN5OS/c1-21-19(22-7-6-15-4-5-18(20)23-13-15)24-14-16(17-3-2-12-27-17)25-8-10-26-11-9-25/h2-5,12-13,16H,6-11,14H2,1H3,(H2,21,22,24). The van der Waals surface area contributed by atoms with Gasteiger partial charge in [0, 0.05) is 44.3 Å². The molecular formula is C19H26ClN5OS. The first-order valence-corrected chi connectivity index (χ1v) is 10.4. The van der Waals surface area contributed by atoms with Gasteiger partial charge in [-0.3, -0.25) is 9.89 Å². The molecule has 6 nitrogen and oxygen atoms in total. The fraction of sp³-hybridized carbons (Fsp3) is 0.474. The monoisotopic (exact) mass is 407 g/mol. The maximum absolute atomic E-state index is 5.83. The highest BCUT2D eigenvalue weighted by atomic mass is 35.5. The number of guanidine groups is 1. The van der Waals surface area contributed by atoms with Gasteiger partial charge in [0.1, 0.15) is 5.15 Å². The van der Waals surface area contributed by atoms with Crippen LogP contribution in [0.1, 0.15) is 16.5 Å². The van der Waals surface area contributed by atoms with Crippen molar-refractivity contribution in [3.05, 3.63) is 51.4 Å². The third kappa shape index (κ3) is 6.17. The number of nitrogens with zero attached hydrogens (tertiary/aromatic N) is 3. The fourth-order valence-electron chi connectivity index (χ4n) is 3.07. The predicted molar refractivity (Wildman–Crippen MR) is 112 cm³/mol. The lowest BCUT2D eigenvalue weighted by Crippen LogP contribution is -2.46. The maximum atomic E-state index is 5.83. The van der Waals surface area contributed by atoms with Crippen molar-refractivity contribution in [1.29, 1.82) is 0 Å². The lowest BCUT2D eigenvalue weighted by molar-refractivity contribution is 0.0177. The van der Waals surface area contributed by atoms with Crippen LogP contribution in [0, 0.1) is 0 Å². The third-order valence-corrected chi connectivity index (χ3v) is 5.74. The smallest absolute Gasteiger partial charge is 0.191 e. The average Bonchev–Trinajstić information content (AvgIpc) is 3.23. The van der Waals surface area contributed by atoms with E-state index in [1.54, 1.807) is 18.4 Å². The van der Waals surface area contributed by atoms with Gasteiger partial charge in [-0.1, -0.05) is 23.7 Å². The van der Waals surface area contributed by atoms with Crippen LogP contribution in [0.2, 0.25) is 5.15 Å². The molecule has 1 unspecified atom stereocenters. The molecule has 1 aliphatic rings. The van der Waals surface area contributed by atoms with Gasteiger partial charge in [-0.2, -0.15) is 0 Å². The summed E-state index contributed by atoms with van der Waals surface area (Å²) in [6.07, 6.45) is 2.67. The molecule has 3 heterocycles. The summed E-state index contributed by atoms with van der Waals surface area (Å²) in [5, 5.41) is 9.51. The molecule has 0 bridgehead atoms. The number of pyridine rings is 1. The highest BCUT2D eigenvalue weighted by Crippen LogP contribution is 2.25. The summed E-state index contributed by atoms with van der Waals surface area (Å²) < 4.78 is 5.51. The predicted octanol–water partition coefficient (Wildman–Crippen LogP) is 2.58. The van der Waals surface area contributed by atoms with Gasteiger partial charge < -0.3 is 15.4 Å². The SMILES string of the molecule is CN=C(NCCc1ccc(Cl)nc1)NCC(c1cccs1)N1CCOCC1. The number of morpholine rings is 1. The zero-order chi connectivity index (χ0) is 18.9. The van der Waals surface area contributed by atoms with Gasteiger partial charge in [-0.15, -0.1) is 11.3 Å². The zero-order valence-corrected chi connectivity index (χ0v) is 17.1. The van der Waals surface area contributed by atoms with Crippen molar-refractivity contribution in [3.8, 4) is 0 Å². The maximum Gasteiger partial charge on any atom is 0.191 e. The van der Waals surface area contributed by atoms with Gasteiger partial charge in [0.2, 0.25) is 0 Å². The van der Waals surface area contributed by atoms with Crippen molar-refractivity contribution in [2.75, 3.05) is 46.4 Å². The van der Waals surface area contributed by atoms with Crippen molar-refractivity contribution >= 4 is 28.9 Å². The highest BCUT2D eigenvalue weighted by molar-refractivity contribution is 7.10. The Morgan fingerprint density at radius 1 is 1.33 bits per heavy atom. The van der Waals surface area contributed by atoms with Crippen LogP contribution in [-0.2, 0) is 11.2 Å². The Morgan fingerprint density at radius 2 is 2.19 bits per heavy atom. The van der Waals surface area contributed by atoms with Crippen LogP contribution >= 0.6 is 22.9 Å². The molecule has 2 N–H and O–H groups in total. The second kappa shape index (κ2) is 10.6. The van der Waals surface area contributed by atoms with E-state index in [1.807, 2.05) is 18.3 Å². The molecule has 0 radical (unpaired) electrons. The molecule has 1 fully saturated rings. The van der Waals surface area contributed by atoms with Gasteiger partial charge in [0.25, 0.3) is 0 Å². The molecule has 0 aliphatic carbocycles. The molecule has 8 heteroatoms. The molecular weight excluding hydrogens is 382 g/mol. The number of thiophene rings is 1. The summed E-state index contributed by atoms with van der Waals surface area (Å²) in [5.74, 6) is 0.812. The number of aliphatic imine (C=N–C) groups is 1. The van der Waals surface area contributed by atoms with E-state index in [0.717, 1.165) is 57.3 Å². The van der Waals surface area contributed by atoms with E-state index < -0.39 is 0 Å². The molecule has 1 atom stereocenters. The van der Waals surface area contributed by atoms with Crippen molar-refractivity contribution in [1.82, 2.24) is 20.5 Å². The molecule has 0 amide bonds. The second-order valence-corrected chi connectivity index (χ2v) is 7.67. The van der Waals surface area contributed by atoms with Crippen molar-refractivity contribution in [2.24, 2.45) is 4.99 Å². The van der Waals surface area contributed by atoms with Crippen LogP contribution in [0.5, 0.6) is 0 Å². The first-order valence-electron chi connectivity index (χ1n) is 9.16. The Labute approximate surface area is 169 Å². The average molecular weight is 408 g/mol. The van der Waals surface area contributed by atoms with Gasteiger partial charge in [-0.05, 0) is 29.5 Å². The van der Waals surface area contributed by atoms with Crippen LogP contribution in [-0.4, -0.2) is 62.3 Å². The number of hydrogen-bond donors (Lipinski definition) is 2. The molecule has 2 aromatic rings. The topological polar surface area (TPSA) is 61.8 Å². The first-order chi connectivity index (χ1) is 13.3. The fourth-order valence-corrected chi connectivity index (χ4v) is 4.05. The van der Waals surface area contributed by atoms with Crippen molar-refractivity contribution in [3.63, 3.8) is 0 Å². The number of aromatic nitrogens is 1. The summed E-state index contributed by atoms with van der Waals surface area (Å²) >= 11 is 7.63. The Morgan fingerprint density at radius 3 is 2.85 bits per heavy atom. The summed E-state index contributed by atoms with van der Waals surface area (Å²) in [7, 11) is 1.80. The Hall–Kier alpha value is -1.67. The van der Waals surface area contributed by atoms with E-state index in [4.69, 9.17) is 16.3 Å². The van der Waals surface area contributed by atoms with Crippen LogP contribution < -0.4 is 10.6 Å². The molecule has 2 aromatic heterocycles. The second-order valence-electron chi connectivity index (χ2n) is 6.30. The largest absolute Gasteiger partial charge is 0.379 e. The molecule has 1 aliphatic heterocycles. The quantitative estimate of drug-likeness (QED) is 0.419. The molecule has 3 rings (SSSR count). The van der Waals surface area contributed by atoms with Gasteiger partial charge >= 0.3 is 0 Å². The summed E-state index contributed by atoms with van der Waals surface area (Å²) in [5.41, 5.74) is 1.15. The van der Waals surface area contributed by atoms with E-state index in [2.05, 4.69) is 43.0 Å². The number of hydrogen-bond acceptors (Lipinski definition) is 5. The Bertz CT molecular complexity index is 701. The summed E-state index contributed by atoms with van der Waals surface area (Å²) in [6.45, 7) is 5.10. The van der Waals surface area contributed by atoms with E-state index in [9.17, 15) is 0 Å². The minimum absolute atomic E-state index is 0.327. The minimum atomic E-state index is 0.327. The zero-order valence-electron chi connectivity index (χ0n) is 15.5. The summed E-state index contributed by atoms with van der Waals surface area (Å²) in [6, 6.07) is 8.46. The number of ether oxygens (including phenoxy) is 1. The number of halogens is 1. The van der Waals surface area contributed by atoms with Crippen LogP contribution in [0.4, 0.5) is 0 Å². The number of rotatable bonds is 7. The van der Waals surface area contributed by atoms with Crippen molar-refractivity contribution < 1.29 is 4.74 Å². The van der Waals surface area contributed by atoms with Crippen LogP contribution in [0.25, 0.3) is 0 Å². The third-order valence-electron chi connectivity index (χ3n) is 4.54. The van der Waals surface area contributed by atoms with Crippen LogP contribution in [0.3, 0.4) is 0 Å². The molecule has 0 aromatic carbocycles. The molecule has 0 spiro atoms. The Kier molecular flexibility index (Phi) is 7.89. The van der Waals surface area contributed by atoms with E-state index >= 15 is 0 Å². The lowest BCUT2D eigenvalue weighted by atomic mass is 10.2. The van der Waals surface area contributed by atoms with E-state index in [-0.39, 0.29) is 0 Å². The van der Waals surface area contributed by atoms with Crippen LogP contribution in [0.15, 0.2) is 40.8 Å². The Balaban J connectivity index is 1.50. The lowest BCUT2D eigenvalue weighted by Gasteiger charge is -2.34. The van der Waals surface area contributed by atoms with E-state index in [1.165, 1.54) is 4.88 Å². The number of nitrogens with one attached hydrogen (secondary N) is 2. The summed E-state index contributed by atoms with van der Waals surface area (Å²) in [4.78, 5) is 12.3.